The fraction of sp³-hybridized carbons (Fsp3) is 0.200. The van der Waals surface area contributed by atoms with Crippen LogP contribution in [-0.4, -0.2) is 0 Å². The quantitative estimate of drug-likeness (QED) is 0.772. The van der Waals surface area contributed by atoms with Crippen LogP contribution in [0.2, 0.25) is 0 Å². The van der Waals surface area contributed by atoms with E-state index < -0.39 is 0 Å². The van der Waals surface area contributed by atoms with Crippen LogP contribution in [0, 0.1) is 16.3 Å². The van der Waals surface area contributed by atoms with Gasteiger partial charge < -0.3 is 5.32 Å². The SMILES string of the molecule is Cc1cccc(C(C)Nc2ccc(F)cc2I)c1. The van der Waals surface area contributed by atoms with Crippen molar-refractivity contribution < 1.29 is 4.39 Å². The molecule has 0 bridgehead atoms. The summed E-state index contributed by atoms with van der Waals surface area (Å²) in [5.41, 5.74) is 3.44. The highest BCUT2D eigenvalue weighted by Crippen LogP contribution is 2.24. The van der Waals surface area contributed by atoms with Crippen LogP contribution in [-0.2, 0) is 0 Å². The van der Waals surface area contributed by atoms with Crippen LogP contribution in [0.15, 0.2) is 42.5 Å². The first-order valence-electron chi connectivity index (χ1n) is 5.84. The Kier molecular flexibility index (Phi) is 4.22. The third-order valence-electron chi connectivity index (χ3n) is 2.85. The summed E-state index contributed by atoms with van der Waals surface area (Å²) < 4.78 is 13.9. The van der Waals surface area contributed by atoms with Gasteiger partial charge in [0.2, 0.25) is 0 Å². The minimum Gasteiger partial charge on any atom is -0.378 e. The van der Waals surface area contributed by atoms with E-state index in [1.54, 1.807) is 6.07 Å². The summed E-state index contributed by atoms with van der Waals surface area (Å²) in [6, 6.07) is 13.4. The summed E-state index contributed by atoms with van der Waals surface area (Å²) >= 11 is 2.14. The van der Waals surface area contributed by atoms with Crippen molar-refractivity contribution in [2.45, 2.75) is 19.9 Å². The smallest absolute Gasteiger partial charge is 0.124 e. The number of hydrogen-bond donors (Lipinski definition) is 1. The molecule has 0 aliphatic carbocycles. The van der Waals surface area contributed by atoms with Crippen molar-refractivity contribution in [3.63, 3.8) is 0 Å². The van der Waals surface area contributed by atoms with Gasteiger partial charge in [-0.15, -0.1) is 0 Å². The van der Waals surface area contributed by atoms with Crippen LogP contribution >= 0.6 is 22.6 Å². The molecule has 18 heavy (non-hydrogen) atoms. The first-order valence-corrected chi connectivity index (χ1v) is 6.92. The maximum absolute atomic E-state index is 13.0. The zero-order chi connectivity index (χ0) is 13.1. The largest absolute Gasteiger partial charge is 0.378 e. The van der Waals surface area contributed by atoms with Crippen LogP contribution in [0.4, 0.5) is 10.1 Å². The number of hydrogen-bond acceptors (Lipinski definition) is 1. The van der Waals surface area contributed by atoms with Crippen LogP contribution in [0.3, 0.4) is 0 Å². The molecule has 0 saturated heterocycles. The summed E-state index contributed by atoms with van der Waals surface area (Å²) in [5.74, 6) is -0.201. The van der Waals surface area contributed by atoms with E-state index in [1.807, 2.05) is 0 Å². The second-order valence-corrected chi connectivity index (χ2v) is 5.57. The van der Waals surface area contributed by atoms with Gasteiger partial charge in [-0.05, 0) is 60.2 Å². The standard InChI is InChI=1S/C15H15FIN/c1-10-4-3-5-12(8-10)11(2)18-15-7-6-13(16)9-14(15)17/h3-9,11,18H,1-2H3. The molecule has 2 aromatic carbocycles. The number of nitrogens with one attached hydrogen (secondary N) is 1. The zero-order valence-electron chi connectivity index (χ0n) is 10.4. The molecule has 0 aromatic heterocycles. The minimum atomic E-state index is -0.201. The van der Waals surface area contributed by atoms with Crippen molar-refractivity contribution in [1.82, 2.24) is 0 Å². The third kappa shape index (κ3) is 3.22. The van der Waals surface area contributed by atoms with Crippen LogP contribution in [0.1, 0.15) is 24.1 Å². The molecule has 2 rings (SSSR count). The van der Waals surface area contributed by atoms with E-state index in [9.17, 15) is 4.39 Å². The van der Waals surface area contributed by atoms with Gasteiger partial charge >= 0.3 is 0 Å². The molecule has 0 heterocycles. The Morgan fingerprint density at radius 2 is 1.94 bits per heavy atom. The molecular weight excluding hydrogens is 340 g/mol. The fourth-order valence-corrected chi connectivity index (χ4v) is 2.50. The number of rotatable bonds is 3. The maximum Gasteiger partial charge on any atom is 0.124 e. The Hall–Kier alpha value is -1.10. The molecule has 94 valence electrons. The lowest BCUT2D eigenvalue weighted by Gasteiger charge is -2.17. The molecule has 0 spiro atoms. The van der Waals surface area contributed by atoms with E-state index in [-0.39, 0.29) is 11.9 Å². The lowest BCUT2D eigenvalue weighted by molar-refractivity contribution is 0.627. The van der Waals surface area contributed by atoms with Gasteiger partial charge in [0, 0.05) is 15.3 Å². The Morgan fingerprint density at radius 1 is 1.17 bits per heavy atom. The molecule has 0 saturated carbocycles. The first kappa shape index (κ1) is 13.3. The molecule has 3 heteroatoms. The van der Waals surface area contributed by atoms with Crippen LogP contribution in [0.5, 0.6) is 0 Å². The Balaban J connectivity index is 2.18. The van der Waals surface area contributed by atoms with Gasteiger partial charge in [0.15, 0.2) is 0 Å². The summed E-state index contributed by atoms with van der Waals surface area (Å²) in [4.78, 5) is 0. The van der Waals surface area contributed by atoms with Gasteiger partial charge in [0.05, 0.1) is 0 Å². The van der Waals surface area contributed by atoms with Crippen LogP contribution < -0.4 is 5.32 Å². The lowest BCUT2D eigenvalue weighted by atomic mass is 10.1. The molecule has 1 atom stereocenters. The normalized spacial score (nSPS) is 12.2. The highest BCUT2D eigenvalue weighted by atomic mass is 127. The highest BCUT2D eigenvalue weighted by Gasteiger charge is 2.08. The predicted octanol–water partition coefficient (Wildman–Crippen LogP) is 4.91. The molecule has 0 aliphatic heterocycles. The van der Waals surface area contributed by atoms with Crippen molar-refractivity contribution in [3.8, 4) is 0 Å². The van der Waals surface area contributed by atoms with E-state index in [1.165, 1.54) is 23.3 Å². The van der Waals surface area contributed by atoms with E-state index in [0.29, 0.717) is 0 Å². The lowest BCUT2D eigenvalue weighted by Crippen LogP contribution is -2.08. The number of aryl methyl sites for hydroxylation is 1. The Labute approximate surface area is 121 Å². The van der Waals surface area contributed by atoms with Gasteiger partial charge in [-0.1, -0.05) is 29.8 Å². The average molecular weight is 355 g/mol. The number of anilines is 1. The molecule has 1 N–H and O–H groups in total. The minimum absolute atomic E-state index is 0.198. The zero-order valence-corrected chi connectivity index (χ0v) is 12.5. The molecule has 0 radical (unpaired) electrons. The summed E-state index contributed by atoms with van der Waals surface area (Å²) in [7, 11) is 0. The van der Waals surface area contributed by atoms with Crippen molar-refractivity contribution in [2.24, 2.45) is 0 Å². The van der Waals surface area contributed by atoms with Crippen molar-refractivity contribution in [1.29, 1.82) is 0 Å². The monoisotopic (exact) mass is 355 g/mol. The maximum atomic E-state index is 13.0. The molecule has 0 fully saturated rings. The average Bonchev–Trinajstić information content (AvgIpc) is 2.32. The first-order chi connectivity index (χ1) is 8.56. The summed E-state index contributed by atoms with van der Waals surface area (Å²) in [5, 5.41) is 3.41. The predicted molar refractivity (Wildman–Crippen MR) is 82.3 cm³/mol. The van der Waals surface area contributed by atoms with Gasteiger partial charge in [-0.25, -0.2) is 4.39 Å². The van der Waals surface area contributed by atoms with Gasteiger partial charge in [0.1, 0.15) is 5.82 Å². The molecule has 0 amide bonds. The number of halogens is 2. The van der Waals surface area contributed by atoms with Crippen LogP contribution in [0.25, 0.3) is 0 Å². The van der Waals surface area contributed by atoms with Gasteiger partial charge in [-0.2, -0.15) is 0 Å². The molecule has 0 aliphatic rings. The second-order valence-electron chi connectivity index (χ2n) is 4.40. The molecule has 2 aromatic rings. The van der Waals surface area contributed by atoms with Crippen molar-refractivity contribution in [3.05, 3.63) is 63.0 Å². The van der Waals surface area contributed by atoms with E-state index in [2.05, 4.69) is 66.0 Å². The highest BCUT2D eigenvalue weighted by molar-refractivity contribution is 14.1. The second kappa shape index (κ2) is 5.69. The Morgan fingerprint density at radius 3 is 2.61 bits per heavy atom. The van der Waals surface area contributed by atoms with Crippen molar-refractivity contribution in [2.75, 3.05) is 5.32 Å². The molecule has 1 unspecified atom stereocenters. The third-order valence-corrected chi connectivity index (χ3v) is 3.74. The van der Waals surface area contributed by atoms with Gasteiger partial charge in [0.25, 0.3) is 0 Å². The van der Waals surface area contributed by atoms with E-state index >= 15 is 0 Å². The van der Waals surface area contributed by atoms with Gasteiger partial charge in [-0.3, -0.25) is 0 Å². The fourth-order valence-electron chi connectivity index (χ4n) is 1.86. The topological polar surface area (TPSA) is 12.0 Å². The summed E-state index contributed by atoms with van der Waals surface area (Å²) in [6.45, 7) is 4.19. The van der Waals surface area contributed by atoms with E-state index in [0.717, 1.165) is 9.26 Å². The Bertz CT molecular complexity index is 554. The number of benzene rings is 2. The molecular formula is C15H15FIN. The summed E-state index contributed by atoms with van der Waals surface area (Å²) in [6.07, 6.45) is 0. The van der Waals surface area contributed by atoms with E-state index in [4.69, 9.17) is 0 Å². The van der Waals surface area contributed by atoms with Crippen molar-refractivity contribution >= 4 is 28.3 Å². The molecule has 1 nitrogen and oxygen atoms in total.